The summed E-state index contributed by atoms with van der Waals surface area (Å²) in [6, 6.07) is 7.85. The van der Waals surface area contributed by atoms with Gasteiger partial charge < -0.3 is 15.2 Å². The van der Waals surface area contributed by atoms with E-state index < -0.39 is 0 Å². The number of benzene rings is 1. The van der Waals surface area contributed by atoms with E-state index in [0.717, 1.165) is 35.7 Å². The normalized spacial score (nSPS) is 11.0. The van der Waals surface area contributed by atoms with Crippen molar-refractivity contribution in [1.82, 2.24) is 4.98 Å². The summed E-state index contributed by atoms with van der Waals surface area (Å²) >= 11 is 0. The fraction of sp³-hybridized carbons (Fsp3) is 0.333. The quantitative estimate of drug-likeness (QED) is 0.670. The summed E-state index contributed by atoms with van der Waals surface area (Å²) in [6.45, 7) is 0.211. The first-order valence-electron chi connectivity index (χ1n) is 5.22. The number of rotatable bonds is 4. The maximum atomic E-state index is 9.72. The molecule has 1 heterocycles. The van der Waals surface area contributed by atoms with Gasteiger partial charge in [-0.15, -0.1) is 0 Å². The molecule has 0 spiro atoms. The highest BCUT2D eigenvalue weighted by molar-refractivity contribution is 5.85. The van der Waals surface area contributed by atoms with Crippen molar-refractivity contribution in [2.75, 3.05) is 6.61 Å². The number of aliphatic hydroxyl groups is 1. The van der Waals surface area contributed by atoms with E-state index in [1.54, 1.807) is 0 Å². The summed E-state index contributed by atoms with van der Waals surface area (Å²) in [4.78, 5) is 2.95. The topological polar surface area (TPSA) is 56.2 Å². The first-order chi connectivity index (χ1) is 7.33. The van der Waals surface area contributed by atoms with Crippen LogP contribution >= 0.6 is 0 Å². The minimum atomic E-state index is 0.211. The van der Waals surface area contributed by atoms with Crippen LogP contribution in [-0.4, -0.2) is 21.8 Å². The number of aromatic hydroxyl groups is 1. The molecule has 80 valence electrons. The summed E-state index contributed by atoms with van der Waals surface area (Å²) in [6.07, 6.45) is 2.47. The standard InChI is InChI=1S/C12H15NO2/c14-8-4-3-6-10-9-5-1-2-7-11(9)13-12(10)15/h1-2,5,7,13-15H,3-4,6,8H2. The molecule has 3 heteroatoms. The lowest BCUT2D eigenvalue weighted by atomic mass is 10.1. The fourth-order valence-electron chi connectivity index (χ4n) is 1.85. The van der Waals surface area contributed by atoms with Crippen LogP contribution in [0.15, 0.2) is 24.3 Å². The maximum Gasteiger partial charge on any atom is 0.192 e. The minimum absolute atomic E-state index is 0.211. The van der Waals surface area contributed by atoms with Gasteiger partial charge in [-0.1, -0.05) is 18.2 Å². The molecule has 0 radical (unpaired) electrons. The average Bonchev–Trinajstić information content (AvgIpc) is 2.56. The van der Waals surface area contributed by atoms with Crippen LogP contribution in [0.2, 0.25) is 0 Å². The second-order valence-electron chi connectivity index (χ2n) is 3.68. The van der Waals surface area contributed by atoms with Gasteiger partial charge in [-0.2, -0.15) is 0 Å². The fourth-order valence-corrected chi connectivity index (χ4v) is 1.85. The van der Waals surface area contributed by atoms with Gasteiger partial charge in [0.2, 0.25) is 0 Å². The van der Waals surface area contributed by atoms with Crippen molar-refractivity contribution >= 4 is 10.9 Å². The molecule has 1 aromatic heterocycles. The average molecular weight is 205 g/mol. The predicted molar refractivity (Wildman–Crippen MR) is 60.0 cm³/mol. The van der Waals surface area contributed by atoms with Crippen molar-refractivity contribution < 1.29 is 10.2 Å². The second kappa shape index (κ2) is 4.36. The molecule has 0 unspecified atom stereocenters. The van der Waals surface area contributed by atoms with Gasteiger partial charge in [0.1, 0.15) is 0 Å². The number of H-pyrrole nitrogens is 1. The van der Waals surface area contributed by atoms with E-state index >= 15 is 0 Å². The molecule has 0 aliphatic rings. The third-order valence-electron chi connectivity index (χ3n) is 2.63. The summed E-state index contributed by atoms with van der Waals surface area (Å²) in [5.41, 5.74) is 1.92. The summed E-state index contributed by atoms with van der Waals surface area (Å²) in [7, 11) is 0. The molecular weight excluding hydrogens is 190 g/mol. The van der Waals surface area contributed by atoms with Crippen LogP contribution in [0.5, 0.6) is 5.88 Å². The molecule has 0 atom stereocenters. The summed E-state index contributed by atoms with van der Waals surface area (Å²) in [5.74, 6) is 0.258. The van der Waals surface area contributed by atoms with Crippen molar-refractivity contribution in [3.8, 4) is 5.88 Å². The SMILES string of the molecule is OCCCCc1c(O)[nH]c2ccccc12. The number of para-hydroxylation sites is 1. The number of hydrogen-bond acceptors (Lipinski definition) is 2. The third kappa shape index (κ3) is 1.97. The van der Waals surface area contributed by atoms with Gasteiger partial charge in [0.05, 0.1) is 0 Å². The molecule has 0 aliphatic carbocycles. The lowest BCUT2D eigenvalue weighted by molar-refractivity contribution is 0.284. The van der Waals surface area contributed by atoms with Gasteiger partial charge >= 0.3 is 0 Å². The second-order valence-corrected chi connectivity index (χ2v) is 3.68. The lowest BCUT2D eigenvalue weighted by Crippen LogP contribution is -1.87. The lowest BCUT2D eigenvalue weighted by Gasteiger charge is -1.98. The molecule has 2 rings (SSSR count). The third-order valence-corrected chi connectivity index (χ3v) is 2.63. The van der Waals surface area contributed by atoms with E-state index in [2.05, 4.69) is 4.98 Å². The van der Waals surface area contributed by atoms with E-state index in [-0.39, 0.29) is 12.5 Å². The van der Waals surface area contributed by atoms with Gasteiger partial charge in [-0.3, -0.25) is 0 Å². The Morgan fingerprint density at radius 2 is 1.93 bits per heavy atom. The first-order valence-corrected chi connectivity index (χ1v) is 5.22. The molecule has 0 aliphatic heterocycles. The minimum Gasteiger partial charge on any atom is -0.494 e. The monoisotopic (exact) mass is 205 g/mol. The van der Waals surface area contributed by atoms with Crippen LogP contribution in [0.25, 0.3) is 10.9 Å². The molecule has 3 nitrogen and oxygen atoms in total. The van der Waals surface area contributed by atoms with Crippen molar-refractivity contribution in [1.29, 1.82) is 0 Å². The van der Waals surface area contributed by atoms with Gasteiger partial charge in [0.15, 0.2) is 5.88 Å². The van der Waals surface area contributed by atoms with Gasteiger partial charge in [-0.25, -0.2) is 0 Å². The van der Waals surface area contributed by atoms with Crippen molar-refractivity contribution in [3.05, 3.63) is 29.8 Å². The molecule has 0 amide bonds. The zero-order valence-corrected chi connectivity index (χ0v) is 8.53. The number of nitrogens with one attached hydrogen (secondary N) is 1. The van der Waals surface area contributed by atoms with Crippen LogP contribution in [0.3, 0.4) is 0 Å². The maximum absolute atomic E-state index is 9.72. The molecule has 3 N–H and O–H groups in total. The van der Waals surface area contributed by atoms with E-state index in [0.29, 0.717) is 0 Å². The zero-order valence-electron chi connectivity index (χ0n) is 8.53. The Balaban J connectivity index is 2.28. The largest absolute Gasteiger partial charge is 0.494 e. The Morgan fingerprint density at radius 3 is 2.73 bits per heavy atom. The Labute approximate surface area is 88.4 Å². The molecular formula is C12H15NO2. The van der Waals surface area contributed by atoms with E-state index in [4.69, 9.17) is 5.11 Å². The highest BCUT2D eigenvalue weighted by Gasteiger charge is 2.08. The van der Waals surface area contributed by atoms with Gasteiger partial charge in [0.25, 0.3) is 0 Å². The number of aromatic amines is 1. The Morgan fingerprint density at radius 1 is 1.13 bits per heavy atom. The van der Waals surface area contributed by atoms with E-state index in [1.165, 1.54) is 0 Å². The van der Waals surface area contributed by atoms with E-state index in [1.807, 2.05) is 24.3 Å². The van der Waals surface area contributed by atoms with Crippen LogP contribution in [0.4, 0.5) is 0 Å². The van der Waals surface area contributed by atoms with Crippen molar-refractivity contribution in [2.24, 2.45) is 0 Å². The van der Waals surface area contributed by atoms with Gasteiger partial charge in [0, 0.05) is 23.1 Å². The summed E-state index contributed by atoms with van der Waals surface area (Å²) < 4.78 is 0. The molecule has 0 bridgehead atoms. The molecule has 2 aromatic rings. The Bertz CT molecular complexity index is 448. The number of hydrogen-bond donors (Lipinski definition) is 3. The highest BCUT2D eigenvalue weighted by atomic mass is 16.3. The van der Waals surface area contributed by atoms with Crippen LogP contribution < -0.4 is 0 Å². The Kier molecular flexibility index (Phi) is 2.92. The van der Waals surface area contributed by atoms with Crippen LogP contribution in [0.1, 0.15) is 18.4 Å². The predicted octanol–water partition coefficient (Wildman–Crippen LogP) is 2.19. The Hall–Kier alpha value is -1.48. The van der Waals surface area contributed by atoms with Crippen LogP contribution in [-0.2, 0) is 6.42 Å². The first kappa shape index (κ1) is 10.1. The molecule has 0 fully saturated rings. The number of unbranched alkanes of at least 4 members (excludes halogenated alkanes) is 1. The number of aryl methyl sites for hydroxylation is 1. The molecule has 0 saturated carbocycles. The van der Waals surface area contributed by atoms with Crippen LogP contribution in [0, 0.1) is 0 Å². The van der Waals surface area contributed by atoms with E-state index in [9.17, 15) is 5.11 Å². The molecule has 15 heavy (non-hydrogen) atoms. The number of fused-ring (bicyclic) bond motifs is 1. The number of aliphatic hydroxyl groups excluding tert-OH is 1. The smallest absolute Gasteiger partial charge is 0.192 e. The highest BCUT2D eigenvalue weighted by Crippen LogP contribution is 2.28. The van der Waals surface area contributed by atoms with Crippen molar-refractivity contribution in [3.63, 3.8) is 0 Å². The molecule has 1 aromatic carbocycles. The molecule has 0 saturated heterocycles. The number of aromatic nitrogens is 1. The zero-order chi connectivity index (χ0) is 10.7. The van der Waals surface area contributed by atoms with Crippen molar-refractivity contribution in [2.45, 2.75) is 19.3 Å². The summed E-state index contributed by atoms with van der Waals surface area (Å²) in [5, 5.41) is 19.5. The van der Waals surface area contributed by atoms with Gasteiger partial charge in [-0.05, 0) is 25.3 Å².